The highest BCUT2D eigenvalue weighted by atomic mass is 35.5. The average molecular weight is 257 g/mol. The van der Waals surface area contributed by atoms with E-state index in [0.717, 1.165) is 0 Å². The molecule has 0 spiro atoms. The van der Waals surface area contributed by atoms with Crippen molar-refractivity contribution in [2.75, 3.05) is 0 Å². The van der Waals surface area contributed by atoms with Crippen LogP contribution in [0.3, 0.4) is 0 Å². The van der Waals surface area contributed by atoms with Gasteiger partial charge in [-0.1, -0.05) is 35.3 Å². The monoisotopic (exact) mass is 256 g/mol. The lowest BCUT2D eigenvalue weighted by Crippen LogP contribution is -2.08. The second kappa shape index (κ2) is 4.15. The van der Waals surface area contributed by atoms with Crippen LogP contribution < -0.4 is 0 Å². The fraction of sp³-hybridized carbons (Fsp3) is 0. The first-order chi connectivity index (χ1) is 7.59. The van der Waals surface area contributed by atoms with Gasteiger partial charge < -0.3 is 5.11 Å². The van der Waals surface area contributed by atoms with E-state index in [4.69, 9.17) is 28.3 Å². The second-order valence-electron chi connectivity index (χ2n) is 3.02. The lowest BCUT2D eigenvalue weighted by atomic mass is 10.3. The Hall–Kier alpha value is -1.52. The summed E-state index contributed by atoms with van der Waals surface area (Å²) >= 11 is 11.6. The molecule has 0 radical (unpaired) electrons. The molecule has 0 amide bonds. The number of nitrogens with zero attached hydrogens (tertiary/aromatic N) is 2. The Labute approximate surface area is 101 Å². The number of halogens is 2. The third-order valence-corrected chi connectivity index (χ3v) is 2.48. The molecule has 16 heavy (non-hydrogen) atoms. The maximum absolute atomic E-state index is 11.0. The number of rotatable bonds is 2. The van der Waals surface area contributed by atoms with Gasteiger partial charge in [-0.25, -0.2) is 9.48 Å². The van der Waals surface area contributed by atoms with Crippen LogP contribution in [0.5, 0.6) is 0 Å². The first kappa shape index (κ1) is 11.0. The van der Waals surface area contributed by atoms with Crippen LogP contribution in [0.1, 0.15) is 10.5 Å². The van der Waals surface area contributed by atoms with E-state index in [2.05, 4.69) is 5.10 Å². The molecule has 4 nitrogen and oxygen atoms in total. The highest BCUT2D eigenvalue weighted by Crippen LogP contribution is 2.22. The third kappa shape index (κ3) is 1.89. The van der Waals surface area contributed by atoms with Crippen LogP contribution in [0.4, 0.5) is 0 Å². The maximum atomic E-state index is 11.0. The Morgan fingerprint density at radius 2 is 2.00 bits per heavy atom. The molecule has 1 heterocycles. The number of aromatic nitrogens is 2. The van der Waals surface area contributed by atoms with E-state index in [9.17, 15) is 4.79 Å². The van der Waals surface area contributed by atoms with Gasteiger partial charge in [-0.2, -0.15) is 5.10 Å². The van der Waals surface area contributed by atoms with Crippen molar-refractivity contribution < 1.29 is 9.90 Å². The fourth-order valence-corrected chi connectivity index (χ4v) is 1.71. The number of benzene rings is 1. The minimum absolute atomic E-state index is 0.0295. The van der Waals surface area contributed by atoms with Crippen molar-refractivity contribution in [3.63, 3.8) is 0 Å². The summed E-state index contributed by atoms with van der Waals surface area (Å²) in [4.78, 5) is 11.0. The smallest absolute Gasteiger partial charge is 0.354 e. The van der Waals surface area contributed by atoms with E-state index in [0.29, 0.717) is 10.7 Å². The first-order valence-corrected chi connectivity index (χ1v) is 5.09. The zero-order valence-corrected chi connectivity index (χ0v) is 9.40. The molecule has 0 saturated heterocycles. The summed E-state index contributed by atoms with van der Waals surface area (Å²) in [6.07, 6.45) is 0. The zero-order valence-electron chi connectivity index (χ0n) is 7.89. The Morgan fingerprint density at radius 1 is 1.31 bits per heavy atom. The van der Waals surface area contributed by atoms with Crippen molar-refractivity contribution in [3.05, 3.63) is 46.2 Å². The molecule has 0 aliphatic carbocycles. The third-order valence-electron chi connectivity index (χ3n) is 1.98. The molecule has 1 aromatic heterocycles. The molecule has 0 aliphatic heterocycles. The van der Waals surface area contributed by atoms with Gasteiger partial charge in [0.1, 0.15) is 0 Å². The van der Waals surface area contributed by atoms with E-state index in [-0.39, 0.29) is 10.8 Å². The van der Waals surface area contributed by atoms with E-state index >= 15 is 0 Å². The highest BCUT2D eigenvalue weighted by Gasteiger charge is 2.16. The lowest BCUT2D eigenvalue weighted by molar-refractivity contribution is 0.0687. The van der Waals surface area contributed by atoms with Crippen molar-refractivity contribution in [2.24, 2.45) is 0 Å². The van der Waals surface area contributed by atoms with Gasteiger partial charge in [-0.3, -0.25) is 0 Å². The van der Waals surface area contributed by atoms with Crippen LogP contribution in [0.2, 0.25) is 10.2 Å². The van der Waals surface area contributed by atoms with Crippen LogP contribution >= 0.6 is 23.2 Å². The molecule has 0 fully saturated rings. The van der Waals surface area contributed by atoms with Crippen molar-refractivity contribution in [3.8, 4) is 5.69 Å². The van der Waals surface area contributed by atoms with Gasteiger partial charge in [0.15, 0.2) is 10.8 Å². The van der Waals surface area contributed by atoms with Gasteiger partial charge in [-0.15, -0.1) is 0 Å². The van der Waals surface area contributed by atoms with Crippen molar-refractivity contribution in [1.82, 2.24) is 9.78 Å². The van der Waals surface area contributed by atoms with Crippen molar-refractivity contribution in [1.29, 1.82) is 0 Å². The lowest BCUT2D eigenvalue weighted by Gasteiger charge is -2.05. The summed E-state index contributed by atoms with van der Waals surface area (Å²) < 4.78 is 1.20. The van der Waals surface area contributed by atoms with Gasteiger partial charge in [0.05, 0.1) is 10.7 Å². The van der Waals surface area contributed by atoms with Crippen LogP contribution in [0, 0.1) is 0 Å². The summed E-state index contributed by atoms with van der Waals surface area (Å²) in [7, 11) is 0. The van der Waals surface area contributed by atoms with Crippen LogP contribution in [0.15, 0.2) is 30.3 Å². The minimum atomic E-state index is -1.11. The van der Waals surface area contributed by atoms with Crippen molar-refractivity contribution in [2.45, 2.75) is 0 Å². The average Bonchev–Trinajstić information content (AvgIpc) is 2.61. The van der Waals surface area contributed by atoms with E-state index < -0.39 is 5.97 Å². The number of carboxylic acid groups (broad SMARTS) is 1. The summed E-state index contributed by atoms with van der Waals surface area (Å²) in [6.45, 7) is 0. The normalized spacial score (nSPS) is 10.4. The number of carbonyl (C=O) groups is 1. The predicted molar refractivity (Wildman–Crippen MR) is 60.5 cm³/mol. The summed E-state index contributed by atoms with van der Waals surface area (Å²) in [5.74, 6) is -1.11. The van der Waals surface area contributed by atoms with Crippen LogP contribution in [-0.2, 0) is 0 Å². The Morgan fingerprint density at radius 3 is 2.62 bits per heavy atom. The number of hydrogen-bond donors (Lipinski definition) is 1. The molecule has 82 valence electrons. The molecule has 0 aliphatic rings. The Balaban J connectivity index is 2.64. The fourth-order valence-electron chi connectivity index (χ4n) is 1.31. The van der Waals surface area contributed by atoms with Gasteiger partial charge in [0.2, 0.25) is 0 Å². The van der Waals surface area contributed by atoms with Crippen LogP contribution in [-0.4, -0.2) is 20.9 Å². The second-order valence-corrected chi connectivity index (χ2v) is 3.82. The molecule has 2 aromatic rings. The van der Waals surface area contributed by atoms with E-state index in [1.807, 2.05) is 0 Å². The molecular weight excluding hydrogens is 251 g/mol. The summed E-state index contributed by atoms with van der Waals surface area (Å²) in [5.41, 5.74) is 0.451. The van der Waals surface area contributed by atoms with Gasteiger partial charge >= 0.3 is 5.97 Å². The molecule has 1 aromatic carbocycles. The standard InChI is InChI=1S/C10H6Cl2N2O2/c11-6-3-1-2-4-7(6)14-8(10(15)16)5-9(12)13-14/h1-5H,(H,15,16). The number of para-hydroxylation sites is 1. The topological polar surface area (TPSA) is 55.1 Å². The van der Waals surface area contributed by atoms with Gasteiger partial charge in [0, 0.05) is 6.07 Å². The number of carboxylic acids is 1. The molecular formula is C10H6Cl2N2O2. The van der Waals surface area contributed by atoms with E-state index in [1.54, 1.807) is 24.3 Å². The maximum Gasteiger partial charge on any atom is 0.354 e. The molecule has 0 saturated carbocycles. The molecule has 0 atom stereocenters. The summed E-state index contributed by atoms with van der Waals surface area (Å²) in [5, 5.41) is 13.4. The molecule has 0 bridgehead atoms. The number of aromatic carboxylic acids is 1. The molecule has 2 rings (SSSR count). The minimum Gasteiger partial charge on any atom is -0.477 e. The predicted octanol–water partition coefficient (Wildman–Crippen LogP) is 2.88. The molecule has 6 heteroatoms. The summed E-state index contributed by atoms with van der Waals surface area (Å²) in [6, 6.07) is 8.07. The first-order valence-electron chi connectivity index (χ1n) is 4.33. The zero-order chi connectivity index (χ0) is 11.7. The molecule has 0 unspecified atom stereocenters. The number of hydrogen-bond acceptors (Lipinski definition) is 2. The Bertz CT molecular complexity index is 552. The SMILES string of the molecule is O=C(O)c1cc(Cl)nn1-c1ccccc1Cl. The largest absolute Gasteiger partial charge is 0.477 e. The van der Waals surface area contributed by atoms with Crippen molar-refractivity contribution >= 4 is 29.2 Å². The van der Waals surface area contributed by atoms with Crippen LogP contribution in [0.25, 0.3) is 5.69 Å². The van der Waals surface area contributed by atoms with Gasteiger partial charge in [-0.05, 0) is 12.1 Å². The molecule has 1 N–H and O–H groups in total. The van der Waals surface area contributed by atoms with E-state index in [1.165, 1.54) is 10.7 Å². The Kier molecular flexibility index (Phi) is 2.85. The van der Waals surface area contributed by atoms with Gasteiger partial charge in [0.25, 0.3) is 0 Å². The quantitative estimate of drug-likeness (QED) is 0.899. The highest BCUT2D eigenvalue weighted by molar-refractivity contribution is 6.32.